The quantitative estimate of drug-likeness (QED) is 0.513. The zero-order chi connectivity index (χ0) is 16.7. The maximum atomic E-state index is 6.64. The van der Waals surface area contributed by atoms with E-state index in [1.807, 2.05) is 0 Å². The van der Waals surface area contributed by atoms with E-state index in [4.69, 9.17) is 18.4 Å². The summed E-state index contributed by atoms with van der Waals surface area (Å²) < 4.78 is 0. The highest BCUT2D eigenvalue weighted by Crippen LogP contribution is 2.54. The Morgan fingerprint density at radius 1 is 1.22 bits per heavy atom. The van der Waals surface area contributed by atoms with Crippen molar-refractivity contribution in [3.8, 4) is 0 Å². The van der Waals surface area contributed by atoms with Gasteiger partial charge in [-0.25, -0.2) is 0 Å². The average Bonchev–Trinajstić information content (AvgIpc) is 2.49. The average molecular weight is 330 g/mol. The number of hydrogen-bond acceptors (Lipinski definition) is 2. The van der Waals surface area contributed by atoms with E-state index >= 15 is 0 Å². The number of rotatable bonds is 2. The summed E-state index contributed by atoms with van der Waals surface area (Å²) in [5, 5.41) is 0. The highest BCUT2D eigenvalue weighted by Gasteiger charge is 2.46. The van der Waals surface area contributed by atoms with Crippen LogP contribution in [0, 0.1) is 23.2 Å². The molecule has 0 spiro atoms. The van der Waals surface area contributed by atoms with E-state index < -0.39 is 0 Å². The van der Waals surface area contributed by atoms with Gasteiger partial charge in [0.2, 0.25) is 0 Å². The molecule has 5 atom stereocenters. The maximum Gasteiger partial charge on any atom is 0.0385 e. The third kappa shape index (κ3) is 3.13. The van der Waals surface area contributed by atoms with Gasteiger partial charge in [0.05, 0.1) is 0 Å². The van der Waals surface area contributed by atoms with Crippen molar-refractivity contribution in [2.24, 2.45) is 28.9 Å². The van der Waals surface area contributed by atoms with Crippen molar-refractivity contribution < 1.29 is 0 Å². The van der Waals surface area contributed by atoms with Gasteiger partial charge in [0.15, 0.2) is 0 Å². The van der Waals surface area contributed by atoms with Crippen molar-refractivity contribution in [3.05, 3.63) is 46.9 Å². The van der Waals surface area contributed by atoms with Crippen LogP contribution in [0.3, 0.4) is 0 Å². The van der Waals surface area contributed by atoms with E-state index in [0.717, 1.165) is 0 Å². The Labute approximate surface area is 147 Å². The summed E-state index contributed by atoms with van der Waals surface area (Å²) in [6.07, 6.45) is 19.5. The predicted octanol–water partition coefficient (Wildman–Crippen LogP) is 5.42. The molecule has 0 aromatic rings. The van der Waals surface area contributed by atoms with E-state index in [2.05, 4.69) is 57.2 Å². The van der Waals surface area contributed by atoms with Gasteiger partial charge < -0.3 is 5.73 Å². The van der Waals surface area contributed by atoms with Crippen molar-refractivity contribution >= 4 is 12.6 Å². The Morgan fingerprint density at radius 2 is 2.00 bits per heavy atom. The topological polar surface area (TPSA) is 26.0 Å². The summed E-state index contributed by atoms with van der Waals surface area (Å²) in [6.45, 7) is 6.87. The lowest BCUT2D eigenvalue weighted by atomic mass is 9.60. The minimum absolute atomic E-state index is 0.0614. The first-order valence-corrected chi connectivity index (χ1v) is 9.53. The van der Waals surface area contributed by atoms with Gasteiger partial charge in [0.1, 0.15) is 0 Å². The third-order valence-corrected chi connectivity index (χ3v) is 7.05. The molecule has 0 aliphatic heterocycles. The van der Waals surface area contributed by atoms with Gasteiger partial charge in [-0.15, -0.1) is 12.6 Å². The molecule has 0 radical (unpaired) electrons. The molecule has 0 fully saturated rings. The summed E-state index contributed by atoms with van der Waals surface area (Å²) in [4.78, 5) is 1.33. The van der Waals surface area contributed by atoms with Gasteiger partial charge in [-0.05, 0) is 55.8 Å². The van der Waals surface area contributed by atoms with E-state index in [1.54, 1.807) is 5.57 Å². The van der Waals surface area contributed by atoms with Crippen molar-refractivity contribution in [2.45, 2.75) is 58.4 Å². The first-order chi connectivity index (χ1) is 10.8. The molecule has 0 saturated heterocycles. The van der Waals surface area contributed by atoms with Crippen LogP contribution in [-0.4, -0.2) is 5.54 Å². The molecule has 2 heteroatoms. The molecule has 23 heavy (non-hydrogen) atoms. The summed E-state index contributed by atoms with van der Waals surface area (Å²) in [5.74, 6) is 1.68. The van der Waals surface area contributed by atoms with Crippen LogP contribution < -0.4 is 5.73 Å². The van der Waals surface area contributed by atoms with Crippen LogP contribution in [0.25, 0.3) is 0 Å². The van der Waals surface area contributed by atoms with Gasteiger partial charge >= 0.3 is 0 Å². The molecular weight excluding hydrogens is 298 g/mol. The van der Waals surface area contributed by atoms with Crippen LogP contribution in [0.1, 0.15) is 52.9 Å². The molecule has 0 aromatic heterocycles. The molecule has 3 aliphatic carbocycles. The summed E-state index contributed by atoms with van der Waals surface area (Å²) in [6, 6.07) is 0. The van der Waals surface area contributed by atoms with Gasteiger partial charge in [-0.1, -0.05) is 55.9 Å². The fraction of sp³-hybridized carbons (Fsp3) is 0.619. The van der Waals surface area contributed by atoms with Gasteiger partial charge in [0.25, 0.3) is 0 Å². The van der Waals surface area contributed by atoms with Crippen LogP contribution >= 0.6 is 12.6 Å². The standard InChI is InChI=1S/C21H31NS/c1-15-8-6-9-16(14-15)17-10-7-12-20(2,19(17)23)18-11-4-5-13-21(18,3)22/h4-6,8,11,13,15-16,18,23H,7,9-10,12,14,22H2,1-3H3/t15?,16?,18?,20-,21?/m1/s1. The number of nitrogens with two attached hydrogens (primary N) is 1. The van der Waals surface area contributed by atoms with Gasteiger partial charge in [0, 0.05) is 16.9 Å². The number of allylic oxidation sites excluding steroid dienone is 6. The second kappa shape index (κ2) is 6.29. The lowest BCUT2D eigenvalue weighted by Crippen LogP contribution is -2.50. The van der Waals surface area contributed by atoms with Crippen LogP contribution in [0.2, 0.25) is 0 Å². The van der Waals surface area contributed by atoms with Crippen LogP contribution in [0.5, 0.6) is 0 Å². The normalized spacial score (nSPS) is 44.0. The minimum Gasteiger partial charge on any atom is -0.322 e. The van der Waals surface area contributed by atoms with Gasteiger partial charge in [-0.3, -0.25) is 0 Å². The Balaban J connectivity index is 1.96. The summed E-state index contributed by atoms with van der Waals surface area (Å²) >= 11 is 5.11. The Kier molecular flexibility index (Phi) is 4.68. The molecule has 2 N–H and O–H groups in total. The Morgan fingerprint density at radius 3 is 2.70 bits per heavy atom. The molecular formula is C21H31NS. The van der Waals surface area contributed by atoms with E-state index in [1.165, 1.54) is 37.0 Å². The fourth-order valence-corrected chi connectivity index (χ4v) is 5.53. The second-order valence-electron chi connectivity index (χ2n) is 8.31. The van der Waals surface area contributed by atoms with Crippen LogP contribution in [0.15, 0.2) is 46.9 Å². The highest BCUT2D eigenvalue weighted by atomic mass is 32.1. The fourth-order valence-electron chi connectivity index (χ4n) is 4.98. The molecule has 0 saturated carbocycles. The Hall–Kier alpha value is -0.730. The molecule has 1 nitrogen and oxygen atoms in total. The maximum absolute atomic E-state index is 6.64. The molecule has 0 amide bonds. The van der Waals surface area contributed by atoms with E-state index in [9.17, 15) is 0 Å². The largest absolute Gasteiger partial charge is 0.322 e. The smallest absolute Gasteiger partial charge is 0.0385 e. The van der Waals surface area contributed by atoms with Crippen molar-refractivity contribution in [3.63, 3.8) is 0 Å². The van der Waals surface area contributed by atoms with E-state index in [-0.39, 0.29) is 11.0 Å². The first kappa shape index (κ1) is 17.1. The lowest BCUT2D eigenvalue weighted by molar-refractivity contribution is 0.191. The molecule has 0 heterocycles. The summed E-state index contributed by atoms with van der Waals surface area (Å²) in [7, 11) is 0. The minimum atomic E-state index is -0.292. The van der Waals surface area contributed by atoms with Crippen LogP contribution in [-0.2, 0) is 0 Å². The lowest BCUT2D eigenvalue weighted by Gasteiger charge is -2.48. The van der Waals surface area contributed by atoms with Crippen LogP contribution in [0.4, 0.5) is 0 Å². The molecule has 3 rings (SSSR count). The number of thiol groups is 1. The molecule has 0 bridgehead atoms. The monoisotopic (exact) mass is 329 g/mol. The van der Waals surface area contributed by atoms with Crippen molar-refractivity contribution in [1.29, 1.82) is 0 Å². The molecule has 126 valence electrons. The molecule has 0 aromatic carbocycles. The zero-order valence-corrected chi connectivity index (χ0v) is 15.7. The molecule has 4 unspecified atom stereocenters. The first-order valence-electron chi connectivity index (χ1n) is 9.08. The molecule has 3 aliphatic rings. The second-order valence-corrected chi connectivity index (χ2v) is 8.75. The van der Waals surface area contributed by atoms with E-state index in [0.29, 0.717) is 17.8 Å². The Bertz CT molecular complexity index is 581. The third-order valence-electron chi connectivity index (χ3n) is 6.25. The van der Waals surface area contributed by atoms with Gasteiger partial charge in [-0.2, -0.15) is 0 Å². The predicted molar refractivity (Wildman–Crippen MR) is 103 cm³/mol. The zero-order valence-electron chi connectivity index (χ0n) is 14.8. The van der Waals surface area contributed by atoms with Crippen molar-refractivity contribution in [1.82, 2.24) is 0 Å². The SMILES string of the molecule is CC1C=CCC(C2=C(S)[C@@](C)(C3C=CC=CC3(C)N)CCC2)C1. The number of hydrogen-bond donors (Lipinski definition) is 2. The highest BCUT2D eigenvalue weighted by molar-refractivity contribution is 7.84. The van der Waals surface area contributed by atoms with Crippen molar-refractivity contribution in [2.75, 3.05) is 0 Å². The summed E-state index contributed by atoms with van der Waals surface area (Å²) in [5.41, 5.74) is 8.02.